The molecule has 156 valence electrons. The lowest BCUT2D eigenvalue weighted by atomic mass is 10.1. The van der Waals surface area contributed by atoms with Crippen molar-refractivity contribution in [2.75, 3.05) is 20.6 Å². The SMILES string of the molecule is CCCCCCCC[N+](C)(C)NC(CCC)Oc1ccccc1S(=O)(=O)O. The lowest BCUT2D eigenvalue weighted by Crippen LogP contribution is -2.58. The molecule has 0 fully saturated rings. The highest BCUT2D eigenvalue weighted by Gasteiger charge is 2.24. The molecule has 2 N–H and O–H groups in total. The van der Waals surface area contributed by atoms with Crippen LogP contribution in [-0.4, -0.2) is 44.4 Å². The number of unbranched alkanes of at least 4 members (excludes halogenated alkanes) is 5. The summed E-state index contributed by atoms with van der Waals surface area (Å²) < 4.78 is 39.1. The van der Waals surface area contributed by atoms with Crippen LogP contribution in [-0.2, 0) is 10.1 Å². The Hall–Kier alpha value is -1.15. The second-order valence-electron chi connectivity index (χ2n) is 7.62. The summed E-state index contributed by atoms with van der Waals surface area (Å²) in [6.07, 6.45) is 8.75. The van der Waals surface area contributed by atoms with Crippen LogP contribution in [0.25, 0.3) is 0 Å². The summed E-state index contributed by atoms with van der Waals surface area (Å²) in [6, 6.07) is 6.19. The number of benzene rings is 1. The minimum atomic E-state index is -4.32. The molecule has 0 amide bonds. The van der Waals surface area contributed by atoms with E-state index in [4.69, 9.17) is 4.74 Å². The molecule has 0 aliphatic heterocycles. The topological polar surface area (TPSA) is 75.6 Å². The van der Waals surface area contributed by atoms with Crippen LogP contribution in [0.3, 0.4) is 0 Å². The van der Waals surface area contributed by atoms with E-state index in [-0.39, 0.29) is 16.9 Å². The smallest absolute Gasteiger partial charge is 0.298 e. The summed E-state index contributed by atoms with van der Waals surface area (Å²) >= 11 is 0. The third-order valence-electron chi connectivity index (χ3n) is 4.51. The second kappa shape index (κ2) is 11.6. The van der Waals surface area contributed by atoms with E-state index in [1.54, 1.807) is 18.2 Å². The fraction of sp³-hybridized carbons (Fsp3) is 0.700. The molecule has 1 rings (SSSR count). The zero-order chi connectivity index (χ0) is 20.3. The number of hydrogen-bond donors (Lipinski definition) is 2. The molecule has 6 nitrogen and oxygen atoms in total. The van der Waals surface area contributed by atoms with Gasteiger partial charge in [0.1, 0.15) is 10.6 Å². The average molecular weight is 402 g/mol. The maximum atomic E-state index is 11.6. The molecule has 0 aromatic heterocycles. The standard InChI is InChI=1S/C20H36N2O4S/c1-5-7-8-9-10-13-17-22(3,4)21-20(14-6-2)26-18-15-11-12-16-19(18)27(23,24)25/h11-12,15-16,20-21H,5-10,13-14,17H2,1-4H3/p+1. The third kappa shape index (κ3) is 9.55. The zero-order valence-corrected chi connectivity index (χ0v) is 18.1. The van der Waals surface area contributed by atoms with Crippen molar-refractivity contribution in [2.45, 2.75) is 76.3 Å². The molecule has 0 heterocycles. The van der Waals surface area contributed by atoms with Crippen molar-refractivity contribution in [3.8, 4) is 5.75 Å². The van der Waals surface area contributed by atoms with E-state index < -0.39 is 10.1 Å². The molecule has 0 radical (unpaired) electrons. The first kappa shape index (κ1) is 23.9. The van der Waals surface area contributed by atoms with Crippen LogP contribution < -0.4 is 10.2 Å². The van der Waals surface area contributed by atoms with Crippen LogP contribution in [0.4, 0.5) is 0 Å². The molecule has 0 aliphatic rings. The number of hydrogen-bond acceptors (Lipinski definition) is 4. The Kier molecular flexibility index (Phi) is 10.3. The molecule has 1 unspecified atom stereocenters. The summed E-state index contributed by atoms with van der Waals surface area (Å²) in [5, 5.41) is 0. The molecule has 1 aromatic rings. The molecule has 0 spiro atoms. The number of para-hydroxylation sites is 1. The van der Waals surface area contributed by atoms with Gasteiger partial charge in [0.15, 0.2) is 6.23 Å². The molecule has 0 saturated heterocycles. The molecule has 27 heavy (non-hydrogen) atoms. The van der Waals surface area contributed by atoms with E-state index in [0.29, 0.717) is 4.59 Å². The molecule has 0 saturated carbocycles. The van der Waals surface area contributed by atoms with Gasteiger partial charge in [-0.2, -0.15) is 8.42 Å². The van der Waals surface area contributed by atoms with Crippen molar-refractivity contribution in [2.24, 2.45) is 0 Å². The van der Waals surface area contributed by atoms with E-state index >= 15 is 0 Å². The minimum absolute atomic E-state index is 0.172. The van der Waals surface area contributed by atoms with Crippen molar-refractivity contribution in [1.29, 1.82) is 0 Å². The van der Waals surface area contributed by atoms with Gasteiger partial charge in [-0.05, 0) is 25.0 Å². The van der Waals surface area contributed by atoms with Gasteiger partial charge in [-0.3, -0.25) is 4.55 Å². The number of quaternary nitrogens is 1. The molecule has 7 heteroatoms. The fourth-order valence-electron chi connectivity index (χ4n) is 3.07. The van der Waals surface area contributed by atoms with E-state index in [1.165, 1.54) is 38.2 Å². The van der Waals surface area contributed by atoms with E-state index in [1.807, 2.05) is 0 Å². The first-order valence-electron chi connectivity index (χ1n) is 10.0. The van der Waals surface area contributed by atoms with Crippen molar-refractivity contribution < 1.29 is 22.3 Å². The highest BCUT2D eigenvalue weighted by molar-refractivity contribution is 7.86. The number of ether oxygens (including phenoxy) is 1. The third-order valence-corrected chi connectivity index (χ3v) is 5.40. The Morgan fingerprint density at radius 3 is 2.30 bits per heavy atom. The van der Waals surface area contributed by atoms with Crippen LogP contribution >= 0.6 is 0 Å². The Morgan fingerprint density at radius 1 is 1.04 bits per heavy atom. The fourth-order valence-corrected chi connectivity index (χ4v) is 3.69. The normalized spacial score (nSPS) is 13.5. The lowest BCUT2D eigenvalue weighted by molar-refractivity contribution is -0.939. The molecule has 1 atom stereocenters. The lowest BCUT2D eigenvalue weighted by Gasteiger charge is -2.34. The van der Waals surface area contributed by atoms with Gasteiger partial charge in [0.2, 0.25) is 0 Å². The first-order valence-corrected chi connectivity index (χ1v) is 11.5. The van der Waals surface area contributed by atoms with Crippen molar-refractivity contribution >= 4 is 10.1 Å². The monoisotopic (exact) mass is 401 g/mol. The van der Waals surface area contributed by atoms with Gasteiger partial charge >= 0.3 is 0 Å². The Labute approximate surface area is 165 Å². The molecular weight excluding hydrogens is 364 g/mol. The van der Waals surface area contributed by atoms with Gasteiger partial charge in [-0.15, -0.1) is 5.43 Å². The van der Waals surface area contributed by atoms with Gasteiger partial charge in [0.05, 0.1) is 20.6 Å². The van der Waals surface area contributed by atoms with Gasteiger partial charge in [0.25, 0.3) is 10.1 Å². The summed E-state index contributed by atoms with van der Waals surface area (Å²) in [4.78, 5) is -0.200. The van der Waals surface area contributed by atoms with E-state index in [9.17, 15) is 13.0 Å². The predicted octanol–water partition coefficient (Wildman–Crippen LogP) is 4.38. The van der Waals surface area contributed by atoms with Crippen LogP contribution in [0.2, 0.25) is 0 Å². The summed E-state index contributed by atoms with van der Waals surface area (Å²) in [6.45, 7) is 5.24. The van der Waals surface area contributed by atoms with Gasteiger partial charge in [-0.25, -0.2) is 4.59 Å². The summed E-state index contributed by atoms with van der Waals surface area (Å²) in [7, 11) is -0.141. The largest absolute Gasteiger partial charge is 0.469 e. The highest BCUT2D eigenvalue weighted by atomic mass is 32.2. The van der Waals surface area contributed by atoms with E-state index in [0.717, 1.165) is 25.8 Å². The Bertz CT molecular complexity index is 647. The van der Waals surface area contributed by atoms with Crippen LogP contribution in [0, 0.1) is 0 Å². The number of nitrogens with zero attached hydrogens (tertiary/aromatic N) is 1. The molecule has 0 bridgehead atoms. The van der Waals surface area contributed by atoms with Gasteiger partial charge in [0, 0.05) is 6.42 Å². The molecule has 0 aliphatic carbocycles. The first-order chi connectivity index (χ1) is 12.7. The zero-order valence-electron chi connectivity index (χ0n) is 17.3. The van der Waals surface area contributed by atoms with Crippen LogP contribution in [0.15, 0.2) is 29.2 Å². The summed E-state index contributed by atoms with van der Waals surface area (Å²) in [5.41, 5.74) is 3.46. The quantitative estimate of drug-likeness (QED) is 0.159. The van der Waals surface area contributed by atoms with Crippen molar-refractivity contribution in [3.63, 3.8) is 0 Å². The van der Waals surface area contributed by atoms with Crippen LogP contribution in [0.1, 0.15) is 65.2 Å². The number of nitrogens with one attached hydrogen (secondary N) is 1. The predicted molar refractivity (Wildman–Crippen MR) is 109 cm³/mol. The Balaban J connectivity index is 2.68. The maximum absolute atomic E-state index is 11.6. The maximum Gasteiger partial charge on any atom is 0.298 e. The summed E-state index contributed by atoms with van der Waals surface area (Å²) in [5.74, 6) is 0.172. The van der Waals surface area contributed by atoms with Gasteiger partial charge < -0.3 is 4.74 Å². The molecule has 1 aromatic carbocycles. The van der Waals surface area contributed by atoms with E-state index in [2.05, 4.69) is 33.4 Å². The molecular formula is C20H37N2O4S+. The van der Waals surface area contributed by atoms with Crippen LogP contribution in [0.5, 0.6) is 5.75 Å². The average Bonchev–Trinajstić information content (AvgIpc) is 2.57. The minimum Gasteiger partial charge on any atom is -0.469 e. The van der Waals surface area contributed by atoms with Gasteiger partial charge in [-0.1, -0.05) is 58.1 Å². The van der Waals surface area contributed by atoms with Crippen molar-refractivity contribution in [1.82, 2.24) is 5.43 Å². The van der Waals surface area contributed by atoms with Crippen molar-refractivity contribution in [3.05, 3.63) is 24.3 Å². The number of rotatable bonds is 14. The Morgan fingerprint density at radius 2 is 1.67 bits per heavy atom. The highest BCUT2D eigenvalue weighted by Crippen LogP contribution is 2.24. The second-order valence-corrected chi connectivity index (χ2v) is 9.01.